The molecule has 0 radical (unpaired) electrons. The second kappa shape index (κ2) is 8.52. The van der Waals surface area contributed by atoms with Crippen LogP contribution < -0.4 is 5.32 Å². The van der Waals surface area contributed by atoms with Crippen molar-refractivity contribution in [3.63, 3.8) is 0 Å². The maximum Gasteiger partial charge on any atom is 0.0101 e. The van der Waals surface area contributed by atoms with E-state index in [-0.39, 0.29) is 0 Å². The summed E-state index contributed by atoms with van der Waals surface area (Å²) in [6, 6.07) is 0. The van der Waals surface area contributed by atoms with Crippen molar-refractivity contribution in [2.45, 2.75) is 33.1 Å². The second-order valence-electron chi connectivity index (χ2n) is 2.28. The van der Waals surface area contributed by atoms with Crippen LogP contribution in [-0.2, 0) is 0 Å². The van der Waals surface area contributed by atoms with Gasteiger partial charge < -0.3 is 5.32 Å². The summed E-state index contributed by atoms with van der Waals surface area (Å²) >= 11 is 0. The molecular formula is C9H17N. The van der Waals surface area contributed by atoms with Gasteiger partial charge in [-0.25, -0.2) is 0 Å². The molecule has 0 heterocycles. The third-order valence-electron chi connectivity index (χ3n) is 1.26. The van der Waals surface area contributed by atoms with Crippen molar-refractivity contribution in [2.75, 3.05) is 13.1 Å². The maximum absolute atomic E-state index is 3.33. The molecule has 0 spiro atoms. The topological polar surface area (TPSA) is 12.0 Å². The van der Waals surface area contributed by atoms with Crippen molar-refractivity contribution in [3.05, 3.63) is 0 Å². The number of hydrogen-bond acceptors (Lipinski definition) is 1. The first kappa shape index (κ1) is 9.52. The number of nitrogens with one attached hydrogen (secondary N) is 1. The Morgan fingerprint density at radius 1 is 1.30 bits per heavy atom. The van der Waals surface area contributed by atoms with Crippen LogP contribution >= 0.6 is 0 Å². The Bertz CT molecular complexity index is 108. The molecule has 0 aromatic rings. The fraction of sp³-hybridized carbons (Fsp3) is 0.778. The zero-order valence-corrected chi connectivity index (χ0v) is 7.04. The molecule has 0 aliphatic carbocycles. The number of rotatable bonds is 5. The Balaban J connectivity index is 2.82. The first-order valence-electron chi connectivity index (χ1n) is 4.02. The minimum absolute atomic E-state index is 1.03. The summed E-state index contributed by atoms with van der Waals surface area (Å²) in [5.41, 5.74) is 0. The SMILES string of the molecule is CC#CCCCNCCC. The molecule has 0 saturated carbocycles. The van der Waals surface area contributed by atoms with Gasteiger partial charge in [0.1, 0.15) is 0 Å². The van der Waals surface area contributed by atoms with Crippen molar-refractivity contribution in [1.29, 1.82) is 0 Å². The van der Waals surface area contributed by atoms with E-state index < -0.39 is 0 Å². The van der Waals surface area contributed by atoms with E-state index in [1.165, 1.54) is 12.8 Å². The molecule has 10 heavy (non-hydrogen) atoms. The van der Waals surface area contributed by atoms with Crippen molar-refractivity contribution in [1.82, 2.24) is 5.32 Å². The van der Waals surface area contributed by atoms with Gasteiger partial charge in [0.2, 0.25) is 0 Å². The number of unbranched alkanes of at least 4 members (excludes halogenated alkanes) is 1. The van der Waals surface area contributed by atoms with E-state index in [4.69, 9.17) is 0 Å². The quantitative estimate of drug-likeness (QED) is 0.452. The van der Waals surface area contributed by atoms with Crippen LogP contribution in [0.1, 0.15) is 33.1 Å². The fourth-order valence-corrected chi connectivity index (χ4v) is 0.729. The van der Waals surface area contributed by atoms with Crippen molar-refractivity contribution >= 4 is 0 Å². The van der Waals surface area contributed by atoms with Gasteiger partial charge in [-0.05, 0) is 32.9 Å². The third kappa shape index (κ3) is 7.52. The highest BCUT2D eigenvalue weighted by Crippen LogP contribution is 1.83. The van der Waals surface area contributed by atoms with Crippen LogP contribution in [0.5, 0.6) is 0 Å². The summed E-state index contributed by atoms with van der Waals surface area (Å²) in [6.07, 6.45) is 3.44. The summed E-state index contributed by atoms with van der Waals surface area (Å²) in [6.45, 7) is 6.32. The zero-order chi connectivity index (χ0) is 7.66. The van der Waals surface area contributed by atoms with E-state index in [1.54, 1.807) is 0 Å². The Kier molecular flexibility index (Phi) is 8.11. The summed E-state index contributed by atoms with van der Waals surface area (Å²) in [5.74, 6) is 5.92. The summed E-state index contributed by atoms with van der Waals surface area (Å²) in [5, 5.41) is 3.33. The average Bonchev–Trinajstić information content (AvgIpc) is 1.97. The normalized spacial score (nSPS) is 8.60. The molecule has 0 unspecified atom stereocenters. The molecule has 0 aromatic carbocycles. The van der Waals surface area contributed by atoms with Crippen LogP contribution in [0, 0.1) is 11.8 Å². The maximum atomic E-state index is 3.33. The molecule has 1 N–H and O–H groups in total. The molecule has 0 rings (SSSR count). The minimum atomic E-state index is 1.03. The third-order valence-corrected chi connectivity index (χ3v) is 1.26. The van der Waals surface area contributed by atoms with Crippen LogP contribution in [0.25, 0.3) is 0 Å². The number of hydrogen-bond donors (Lipinski definition) is 1. The lowest BCUT2D eigenvalue weighted by Crippen LogP contribution is -2.15. The molecule has 0 aliphatic rings. The van der Waals surface area contributed by atoms with E-state index >= 15 is 0 Å². The first-order valence-corrected chi connectivity index (χ1v) is 4.02. The molecular weight excluding hydrogens is 122 g/mol. The highest BCUT2D eigenvalue weighted by molar-refractivity contribution is 4.94. The predicted molar refractivity (Wildman–Crippen MR) is 45.8 cm³/mol. The molecule has 0 saturated heterocycles. The monoisotopic (exact) mass is 139 g/mol. The van der Waals surface area contributed by atoms with E-state index in [1.807, 2.05) is 6.92 Å². The molecule has 0 amide bonds. The van der Waals surface area contributed by atoms with Gasteiger partial charge in [-0.1, -0.05) is 6.92 Å². The van der Waals surface area contributed by atoms with Gasteiger partial charge in [0.15, 0.2) is 0 Å². The smallest absolute Gasteiger partial charge is 0.0101 e. The lowest BCUT2D eigenvalue weighted by Gasteiger charge is -1.98. The largest absolute Gasteiger partial charge is 0.317 e. The van der Waals surface area contributed by atoms with E-state index in [2.05, 4.69) is 24.1 Å². The first-order chi connectivity index (χ1) is 4.91. The van der Waals surface area contributed by atoms with Gasteiger partial charge >= 0.3 is 0 Å². The summed E-state index contributed by atoms with van der Waals surface area (Å²) < 4.78 is 0. The van der Waals surface area contributed by atoms with Gasteiger partial charge in [-0.3, -0.25) is 0 Å². The van der Waals surface area contributed by atoms with Gasteiger partial charge in [0.25, 0.3) is 0 Å². The van der Waals surface area contributed by atoms with Gasteiger partial charge in [0, 0.05) is 6.42 Å². The van der Waals surface area contributed by atoms with Crippen molar-refractivity contribution < 1.29 is 0 Å². The summed E-state index contributed by atoms with van der Waals surface area (Å²) in [4.78, 5) is 0. The van der Waals surface area contributed by atoms with Crippen molar-refractivity contribution in [2.24, 2.45) is 0 Å². The van der Waals surface area contributed by atoms with Crippen molar-refractivity contribution in [3.8, 4) is 11.8 Å². The van der Waals surface area contributed by atoms with Gasteiger partial charge in [-0.15, -0.1) is 11.8 Å². The van der Waals surface area contributed by atoms with Crippen LogP contribution in [0.15, 0.2) is 0 Å². The molecule has 0 aromatic heterocycles. The van der Waals surface area contributed by atoms with Gasteiger partial charge in [-0.2, -0.15) is 0 Å². The molecule has 0 atom stereocenters. The van der Waals surface area contributed by atoms with E-state index in [0.717, 1.165) is 19.5 Å². The van der Waals surface area contributed by atoms with E-state index in [0.29, 0.717) is 0 Å². The Morgan fingerprint density at radius 3 is 2.70 bits per heavy atom. The molecule has 0 bridgehead atoms. The van der Waals surface area contributed by atoms with Crippen LogP contribution in [0.3, 0.4) is 0 Å². The molecule has 0 aliphatic heterocycles. The Labute approximate surface area is 64.2 Å². The lowest BCUT2D eigenvalue weighted by atomic mass is 10.3. The molecule has 1 heteroatoms. The highest BCUT2D eigenvalue weighted by atomic mass is 14.8. The predicted octanol–water partition coefficient (Wildman–Crippen LogP) is 1.79. The highest BCUT2D eigenvalue weighted by Gasteiger charge is 1.82. The van der Waals surface area contributed by atoms with Crippen LogP contribution in [0.4, 0.5) is 0 Å². The zero-order valence-electron chi connectivity index (χ0n) is 7.04. The van der Waals surface area contributed by atoms with Gasteiger partial charge in [0.05, 0.1) is 0 Å². The lowest BCUT2D eigenvalue weighted by molar-refractivity contribution is 0.648. The Hall–Kier alpha value is -0.480. The van der Waals surface area contributed by atoms with Crippen LogP contribution in [0.2, 0.25) is 0 Å². The summed E-state index contributed by atoms with van der Waals surface area (Å²) in [7, 11) is 0. The van der Waals surface area contributed by atoms with E-state index in [9.17, 15) is 0 Å². The molecule has 58 valence electrons. The molecule has 0 fully saturated rings. The standard InChI is InChI=1S/C9H17N/c1-3-5-6-7-9-10-8-4-2/h10H,4,6-9H2,1-2H3. The minimum Gasteiger partial charge on any atom is -0.317 e. The average molecular weight is 139 g/mol. The second-order valence-corrected chi connectivity index (χ2v) is 2.28. The Morgan fingerprint density at radius 2 is 2.10 bits per heavy atom. The molecule has 1 nitrogen and oxygen atoms in total. The fourth-order valence-electron chi connectivity index (χ4n) is 0.729. The van der Waals surface area contributed by atoms with Crippen LogP contribution in [-0.4, -0.2) is 13.1 Å².